The van der Waals surface area contributed by atoms with E-state index in [1.807, 2.05) is 13.8 Å². The van der Waals surface area contributed by atoms with E-state index in [2.05, 4.69) is 5.32 Å². The lowest BCUT2D eigenvalue weighted by Gasteiger charge is -2.14. The Hall–Kier alpha value is -1.16. The summed E-state index contributed by atoms with van der Waals surface area (Å²) in [4.78, 5) is 0. The van der Waals surface area contributed by atoms with Gasteiger partial charge < -0.3 is 10.1 Å². The molecule has 0 aliphatic carbocycles. The van der Waals surface area contributed by atoms with Crippen LogP contribution in [0.2, 0.25) is 0 Å². The van der Waals surface area contributed by atoms with Crippen molar-refractivity contribution in [3.05, 3.63) is 29.8 Å². The average Bonchev–Trinajstić information content (AvgIpc) is 2.17. The van der Waals surface area contributed by atoms with Crippen LogP contribution < -0.4 is 10.1 Å². The van der Waals surface area contributed by atoms with E-state index in [9.17, 15) is 8.78 Å². The van der Waals surface area contributed by atoms with Gasteiger partial charge in [-0.05, 0) is 25.6 Å². The quantitative estimate of drug-likeness (QED) is 0.814. The molecular formula is C11H15F2NO. The number of benzene rings is 1. The van der Waals surface area contributed by atoms with E-state index in [0.717, 1.165) is 6.54 Å². The fourth-order valence-corrected chi connectivity index (χ4v) is 1.24. The second-order valence-electron chi connectivity index (χ2n) is 3.32. The van der Waals surface area contributed by atoms with Crippen LogP contribution >= 0.6 is 0 Å². The third-order valence-corrected chi connectivity index (χ3v) is 1.95. The molecule has 15 heavy (non-hydrogen) atoms. The van der Waals surface area contributed by atoms with Gasteiger partial charge in [-0.15, -0.1) is 0 Å². The molecule has 0 aliphatic rings. The minimum absolute atomic E-state index is 0.0639. The molecule has 0 aromatic heterocycles. The third kappa shape index (κ3) is 3.47. The predicted molar refractivity (Wildman–Crippen MR) is 55.0 cm³/mol. The van der Waals surface area contributed by atoms with Crippen LogP contribution in [0.4, 0.5) is 8.78 Å². The maximum atomic E-state index is 13.1. The summed E-state index contributed by atoms with van der Waals surface area (Å²) in [6, 6.07) is 3.73. The van der Waals surface area contributed by atoms with Crippen molar-refractivity contribution in [2.24, 2.45) is 0 Å². The van der Waals surface area contributed by atoms with Crippen molar-refractivity contribution in [1.29, 1.82) is 0 Å². The SMILES string of the molecule is CCNC(C)COc1c(F)cccc1F. The van der Waals surface area contributed by atoms with Crippen molar-refractivity contribution in [3.8, 4) is 5.75 Å². The van der Waals surface area contributed by atoms with Crippen molar-refractivity contribution >= 4 is 0 Å². The molecule has 1 rings (SSSR count). The van der Waals surface area contributed by atoms with E-state index in [0.29, 0.717) is 0 Å². The van der Waals surface area contributed by atoms with Crippen molar-refractivity contribution in [1.82, 2.24) is 5.32 Å². The molecule has 0 spiro atoms. The first-order valence-corrected chi connectivity index (χ1v) is 4.95. The van der Waals surface area contributed by atoms with Gasteiger partial charge in [0.05, 0.1) is 0 Å². The summed E-state index contributed by atoms with van der Waals surface area (Å²) in [5.74, 6) is -1.64. The number of ether oxygens (including phenoxy) is 1. The zero-order valence-electron chi connectivity index (χ0n) is 8.89. The van der Waals surface area contributed by atoms with E-state index in [-0.39, 0.29) is 18.4 Å². The van der Waals surface area contributed by atoms with Gasteiger partial charge in [0.1, 0.15) is 6.61 Å². The van der Waals surface area contributed by atoms with Crippen LogP contribution in [0, 0.1) is 11.6 Å². The highest BCUT2D eigenvalue weighted by molar-refractivity contribution is 5.25. The van der Waals surface area contributed by atoms with Crippen LogP contribution in [-0.2, 0) is 0 Å². The lowest BCUT2D eigenvalue weighted by molar-refractivity contribution is 0.251. The minimum atomic E-state index is -0.668. The molecule has 1 atom stereocenters. The summed E-state index contributed by atoms with van der Waals surface area (Å²) in [5.41, 5.74) is 0. The summed E-state index contributed by atoms with van der Waals surface area (Å²) in [6.45, 7) is 4.89. The molecule has 0 saturated heterocycles. The average molecular weight is 215 g/mol. The minimum Gasteiger partial charge on any atom is -0.486 e. The molecule has 2 nitrogen and oxygen atoms in total. The zero-order valence-corrected chi connectivity index (χ0v) is 8.89. The van der Waals surface area contributed by atoms with Gasteiger partial charge in [-0.3, -0.25) is 0 Å². The summed E-state index contributed by atoms with van der Waals surface area (Å²) >= 11 is 0. The molecule has 0 bridgehead atoms. The summed E-state index contributed by atoms with van der Waals surface area (Å²) in [5, 5.41) is 3.08. The Labute approximate surface area is 88.3 Å². The number of likely N-dealkylation sites (N-methyl/N-ethyl adjacent to an activating group) is 1. The van der Waals surface area contributed by atoms with Crippen LogP contribution in [0.15, 0.2) is 18.2 Å². The molecule has 1 aromatic rings. The Morgan fingerprint density at radius 1 is 1.33 bits per heavy atom. The molecule has 0 heterocycles. The topological polar surface area (TPSA) is 21.3 Å². The smallest absolute Gasteiger partial charge is 0.190 e. The van der Waals surface area contributed by atoms with E-state index in [4.69, 9.17) is 4.74 Å². The number of hydrogen-bond donors (Lipinski definition) is 1. The fraction of sp³-hybridized carbons (Fsp3) is 0.455. The van der Waals surface area contributed by atoms with Crippen LogP contribution in [0.25, 0.3) is 0 Å². The van der Waals surface area contributed by atoms with Crippen molar-refractivity contribution in [3.63, 3.8) is 0 Å². The third-order valence-electron chi connectivity index (χ3n) is 1.95. The maximum absolute atomic E-state index is 13.1. The van der Waals surface area contributed by atoms with Gasteiger partial charge in [0, 0.05) is 6.04 Å². The van der Waals surface area contributed by atoms with Gasteiger partial charge in [-0.2, -0.15) is 0 Å². The Bertz CT molecular complexity index is 297. The molecule has 0 amide bonds. The molecule has 0 fully saturated rings. The molecule has 0 saturated carbocycles. The predicted octanol–water partition coefficient (Wildman–Crippen LogP) is 2.34. The Morgan fingerprint density at radius 2 is 1.93 bits per heavy atom. The van der Waals surface area contributed by atoms with Crippen molar-refractivity contribution in [2.45, 2.75) is 19.9 Å². The number of halogens is 2. The largest absolute Gasteiger partial charge is 0.486 e. The highest BCUT2D eigenvalue weighted by Crippen LogP contribution is 2.20. The van der Waals surface area contributed by atoms with Gasteiger partial charge in [-0.1, -0.05) is 13.0 Å². The monoisotopic (exact) mass is 215 g/mol. The Morgan fingerprint density at radius 3 is 2.47 bits per heavy atom. The number of hydrogen-bond acceptors (Lipinski definition) is 2. The van der Waals surface area contributed by atoms with Crippen molar-refractivity contribution in [2.75, 3.05) is 13.2 Å². The van der Waals surface area contributed by atoms with E-state index < -0.39 is 11.6 Å². The van der Waals surface area contributed by atoms with Crippen molar-refractivity contribution < 1.29 is 13.5 Å². The van der Waals surface area contributed by atoms with Gasteiger partial charge >= 0.3 is 0 Å². The van der Waals surface area contributed by atoms with E-state index in [1.165, 1.54) is 18.2 Å². The zero-order chi connectivity index (χ0) is 11.3. The Balaban J connectivity index is 2.57. The van der Waals surface area contributed by atoms with Crippen LogP contribution in [0.1, 0.15) is 13.8 Å². The number of para-hydroxylation sites is 1. The second kappa shape index (κ2) is 5.66. The highest BCUT2D eigenvalue weighted by atomic mass is 19.1. The van der Waals surface area contributed by atoms with Gasteiger partial charge in [0.2, 0.25) is 0 Å². The number of nitrogens with one attached hydrogen (secondary N) is 1. The molecule has 4 heteroatoms. The van der Waals surface area contributed by atoms with Crippen LogP contribution in [-0.4, -0.2) is 19.2 Å². The van der Waals surface area contributed by atoms with Gasteiger partial charge in [0.25, 0.3) is 0 Å². The van der Waals surface area contributed by atoms with Gasteiger partial charge in [0.15, 0.2) is 17.4 Å². The van der Waals surface area contributed by atoms with E-state index >= 15 is 0 Å². The first-order chi connectivity index (χ1) is 7.15. The lowest BCUT2D eigenvalue weighted by atomic mass is 10.3. The lowest BCUT2D eigenvalue weighted by Crippen LogP contribution is -2.31. The summed E-state index contributed by atoms with van der Waals surface area (Å²) < 4.78 is 31.3. The standard InChI is InChI=1S/C11H15F2NO/c1-3-14-8(2)7-15-11-9(12)5-4-6-10(11)13/h4-6,8,14H,3,7H2,1-2H3. The molecule has 1 aromatic carbocycles. The normalized spacial score (nSPS) is 12.5. The summed E-state index contributed by atoms with van der Waals surface area (Å²) in [6.07, 6.45) is 0. The first kappa shape index (κ1) is 11.9. The van der Waals surface area contributed by atoms with E-state index in [1.54, 1.807) is 0 Å². The fourth-order valence-electron chi connectivity index (χ4n) is 1.24. The molecular weight excluding hydrogens is 200 g/mol. The van der Waals surface area contributed by atoms with Crippen LogP contribution in [0.3, 0.4) is 0 Å². The second-order valence-corrected chi connectivity index (χ2v) is 3.32. The number of rotatable bonds is 5. The molecule has 0 aliphatic heterocycles. The molecule has 84 valence electrons. The van der Waals surface area contributed by atoms with Gasteiger partial charge in [-0.25, -0.2) is 8.78 Å². The summed E-state index contributed by atoms with van der Waals surface area (Å²) in [7, 11) is 0. The molecule has 1 N–H and O–H groups in total. The molecule has 1 unspecified atom stereocenters. The molecule has 0 radical (unpaired) electrons. The highest BCUT2D eigenvalue weighted by Gasteiger charge is 2.10. The Kier molecular flexibility index (Phi) is 4.49. The first-order valence-electron chi connectivity index (χ1n) is 4.95. The maximum Gasteiger partial charge on any atom is 0.190 e. The van der Waals surface area contributed by atoms with Crippen LogP contribution in [0.5, 0.6) is 5.75 Å².